The zero-order valence-electron chi connectivity index (χ0n) is 13.8. The largest absolute Gasteiger partial charge is 0.442 e. The Morgan fingerprint density at radius 1 is 1.27 bits per heavy atom. The van der Waals surface area contributed by atoms with Crippen molar-refractivity contribution >= 4 is 28.9 Å². The number of ether oxygens (including phenoxy) is 1. The van der Waals surface area contributed by atoms with Crippen LogP contribution in [0, 0.1) is 11.3 Å². The molecule has 0 amide bonds. The van der Waals surface area contributed by atoms with E-state index in [-0.39, 0.29) is 28.7 Å². The number of fused-ring (bicyclic) bond motifs is 1. The standard InChI is InChI=1S/C19H15ClN4O2/c20-11-5-2-1-4-9(11)14-15-12(25)6-3-7-13(15)26-19-16(14)17(22)10(8-21)18(23)24-19/h1-2,4-5,14H,3,6-7H2,(H4,22,23,24). The number of Topliss-reactive ketones (excluding diaryl/α,β-unsaturated/α-hetero) is 1. The Morgan fingerprint density at radius 3 is 2.77 bits per heavy atom. The molecule has 1 aliphatic carbocycles. The fourth-order valence-corrected chi connectivity index (χ4v) is 3.88. The number of ketones is 1. The zero-order chi connectivity index (χ0) is 18.4. The van der Waals surface area contributed by atoms with E-state index in [4.69, 9.17) is 27.8 Å². The summed E-state index contributed by atoms with van der Waals surface area (Å²) in [7, 11) is 0. The number of nitrogens with zero attached hydrogens (tertiary/aromatic N) is 2. The fourth-order valence-electron chi connectivity index (χ4n) is 3.63. The molecule has 1 aliphatic heterocycles. The van der Waals surface area contributed by atoms with Crippen LogP contribution in [-0.2, 0) is 4.79 Å². The molecule has 1 unspecified atom stereocenters. The van der Waals surface area contributed by atoms with Gasteiger partial charge >= 0.3 is 0 Å². The summed E-state index contributed by atoms with van der Waals surface area (Å²) in [6.45, 7) is 0. The van der Waals surface area contributed by atoms with Gasteiger partial charge in [-0.2, -0.15) is 10.2 Å². The van der Waals surface area contributed by atoms with Crippen LogP contribution in [0.1, 0.15) is 41.9 Å². The van der Waals surface area contributed by atoms with Crippen LogP contribution in [0.25, 0.3) is 0 Å². The van der Waals surface area contributed by atoms with Gasteiger partial charge in [0, 0.05) is 29.4 Å². The molecule has 1 aromatic carbocycles. The van der Waals surface area contributed by atoms with Gasteiger partial charge in [0.1, 0.15) is 23.2 Å². The molecule has 0 bridgehead atoms. The number of hydrogen-bond acceptors (Lipinski definition) is 6. The Bertz CT molecular complexity index is 1020. The van der Waals surface area contributed by atoms with Crippen LogP contribution >= 0.6 is 11.6 Å². The monoisotopic (exact) mass is 366 g/mol. The highest BCUT2D eigenvalue weighted by atomic mass is 35.5. The summed E-state index contributed by atoms with van der Waals surface area (Å²) in [5, 5.41) is 9.91. The first-order chi connectivity index (χ1) is 12.5. The molecular weight excluding hydrogens is 352 g/mol. The average Bonchev–Trinajstić information content (AvgIpc) is 2.61. The topological polar surface area (TPSA) is 115 Å². The second-order valence-electron chi connectivity index (χ2n) is 6.29. The Hall–Kier alpha value is -3.04. The van der Waals surface area contributed by atoms with Gasteiger partial charge in [-0.05, 0) is 18.1 Å². The maximum atomic E-state index is 12.7. The minimum absolute atomic E-state index is 0.00319. The molecule has 2 aliphatic rings. The number of pyridine rings is 1. The number of nitriles is 1. The van der Waals surface area contributed by atoms with Gasteiger partial charge in [0.05, 0.1) is 11.3 Å². The van der Waals surface area contributed by atoms with Crippen LogP contribution in [0.5, 0.6) is 5.88 Å². The number of benzene rings is 1. The first kappa shape index (κ1) is 16.4. The molecule has 1 atom stereocenters. The van der Waals surface area contributed by atoms with Crippen molar-refractivity contribution in [3.8, 4) is 11.9 Å². The predicted octanol–water partition coefficient (Wildman–Crippen LogP) is 3.30. The Balaban J connectivity index is 2.06. The maximum absolute atomic E-state index is 12.7. The highest BCUT2D eigenvalue weighted by molar-refractivity contribution is 6.31. The smallest absolute Gasteiger partial charge is 0.227 e. The Morgan fingerprint density at radius 2 is 2.04 bits per heavy atom. The van der Waals surface area contributed by atoms with Crippen LogP contribution in [0.4, 0.5) is 11.5 Å². The third-order valence-corrected chi connectivity index (χ3v) is 5.15. The number of nitrogen functional groups attached to an aromatic ring is 2. The van der Waals surface area contributed by atoms with E-state index in [2.05, 4.69) is 4.98 Å². The summed E-state index contributed by atoms with van der Waals surface area (Å²) in [5.74, 6) is 0.284. The molecule has 0 radical (unpaired) electrons. The van der Waals surface area contributed by atoms with E-state index in [1.54, 1.807) is 6.07 Å². The van der Waals surface area contributed by atoms with Crippen molar-refractivity contribution < 1.29 is 9.53 Å². The molecule has 0 fully saturated rings. The van der Waals surface area contributed by atoms with Crippen molar-refractivity contribution in [3.05, 3.63) is 57.3 Å². The lowest BCUT2D eigenvalue weighted by Crippen LogP contribution is -2.27. The van der Waals surface area contributed by atoms with E-state index in [9.17, 15) is 10.1 Å². The highest BCUT2D eigenvalue weighted by Gasteiger charge is 2.40. The van der Waals surface area contributed by atoms with Crippen LogP contribution < -0.4 is 16.2 Å². The molecular formula is C19H15ClN4O2. The quantitative estimate of drug-likeness (QED) is 0.800. The maximum Gasteiger partial charge on any atom is 0.227 e. The minimum atomic E-state index is -0.532. The molecule has 0 saturated heterocycles. The minimum Gasteiger partial charge on any atom is -0.442 e. The summed E-state index contributed by atoms with van der Waals surface area (Å²) in [5.41, 5.74) is 14.1. The summed E-state index contributed by atoms with van der Waals surface area (Å²) in [6.07, 6.45) is 1.78. The number of allylic oxidation sites excluding steroid dienone is 2. The summed E-state index contributed by atoms with van der Waals surface area (Å²) >= 11 is 6.43. The number of aromatic nitrogens is 1. The second kappa shape index (κ2) is 6.04. The van der Waals surface area contributed by atoms with E-state index < -0.39 is 5.92 Å². The van der Waals surface area contributed by atoms with Crippen LogP contribution in [0.15, 0.2) is 35.6 Å². The number of anilines is 2. The lowest BCUT2D eigenvalue weighted by Gasteiger charge is -2.33. The number of rotatable bonds is 1. The van der Waals surface area contributed by atoms with Crippen molar-refractivity contribution in [3.63, 3.8) is 0 Å². The average molecular weight is 367 g/mol. The molecule has 130 valence electrons. The summed E-state index contributed by atoms with van der Waals surface area (Å²) in [4.78, 5) is 17.0. The molecule has 2 heterocycles. The fraction of sp³-hybridized carbons (Fsp3) is 0.211. The van der Waals surface area contributed by atoms with Gasteiger partial charge in [-0.1, -0.05) is 29.8 Å². The van der Waals surface area contributed by atoms with Gasteiger partial charge in [0.2, 0.25) is 5.88 Å². The molecule has 2 aromatic rings. The molecule has 1 aromatic heterocycles. The molecule has 0 saturated carbocycles. The van der Waals surface area contributed by atoms with E-state index >= 15 is 0 Å². The van der Waals surface area contributed by atoms with Gasteiger partial charge in [-0.25, -0.2) is 0 Å². The predicted molar refractivity (Wildman–Crippen MR) is 97.6 cm³/mol. The highest BCUT2D eigenvalue weighted by Crippen LogP contribution is 2.50. The van der Waals surface area contributed by atoms with Crippen molar-refractivity contribution in [1.29, 1.82) is 5.26 Å². The lowest BCUT2D eigenvalue weighted by atomic mass is 9.77. The van der Waals surface area contributed by atoms with Crippen molar-refractivity contribution in [2.45, 2.75) is 25.2 Å². The summed E-state index contributed by atoms with van der Waals surface area (Å²) < 4.78 is 5.89. The van der Waals surface area contributed by atoms with Gasteiger partial charge < -0.3 is 16.2 Å². The molecule has 0 spiro atoms. The summed E-state index contributed by atoms with van der Waals surface area (Å²) in [6, 6.07) is 9.24. The lowest BCUT2D eigenvalue weighted by molar-refractivity contribution is -0.116. The van der Waals surface area contributed by atoms with Crippen molar-refractivity contribution in [2.75, 3.05) is 11.5 Å². The Kier molecular flexibility index (Phi) is 3.82. The SMILES string of the molecule is N#Cc1c(N)nc2c(c1N)C(c1ccccc1Cl)C1=C(CCCC1=O)O2. The van der Waals surface area contributed by atoms with E-state index in [0.717, 1.165) is 5.56 Å². The molecule has 6 nitrogen and oxygen atoms in total. The van der Waals surface area contributed by atoms with Gasteiger partial charge in [-0.15, -0.1) is 0 Å². The number of carbonyl (C=O) groups excluding carboxylic acids is 1. The number of nitrogens with two attached hydrogens (primary N) is 2. The third kappa shape index (κ3) is 2.32. The third-order valence-electron chi connectivity index (χ3n) is 4.80. The van der Waals surface area contributed by atoms with Gasteiger partial charge in [0.25, 0.3) is 0 Å². The van der Waals surface area contributed by atoms with Crippen LogP contribution in [0.2, 0.25) is 5.02 Å². The normalized spacial score (nSPS) is 18.6. The number of carbonyl (C=O) groups is 1. The number of hydrogen-bond donors (Lipinski definition) is 2. The van der Waals surface area contributed by atoms with Crippen LogP contribution in [0.3, 0.4) is 0 Å². The second-order valence-corrected chi connectivity index (χ2v) is 6.69. The molecule has 7 heteroatoms. The molecule has 4 rings (SSSR count). The van der Waals surface area contributed by atoms with E-state index in [1.807, 2.05) is 24.3 Å². The first-order valence-corrected chi connectivity index (χ1v) is 8.58. The molecule has 26 heavy (non-hydrogen) atoms. The molecule has 4 N–H and O–H groups in total. The van der Waals surface area contributed by atoms with Crippen molar-refractivity contribution in [1.82, 2.24) is 4.98 Å². The van der Waals surface area contributed by atoms with Gasteiger partial charge in [0.15, 0.2) is 5.78 Å². The number of halogens is 1. The zero-order valence-corrected chi connectivity index (χ0v) is 14.5. The first-order valence-electron chi connectivity index (χ1n) is 8.20. The van der Waals surface area contributed by atoms with Gasteiger partial charge in [-0.3, -0.25) is 4.79 Å². The Labute approximate surface area is 155 Å². The van der Waals surface area contributed by atoms with E-state index in [1.165, 1.54) is 0 Å². The van der Waals surface area contributed by atoms with Crippen LogP contribution in [-0.4, -0.2) is 10.8 Å². The van der Waals surface area contributed by atoms with Crippen molar-refractivity contribution in [2.24, 2.45) is 0 Å². The van der Waals surface area contributed by atoms with E-state index in [0.29, 0.717) is 41.2 Å².